The monoisotopic (exact) mass is 310 g/mol. The lowest BCUT2D eigenvalue weighted by Gasteiger charge is -2.23. The van der Waals surface area contributed by atoms with Crippen molar-refractivity contribution in [1.29, 1.82) is 0 Å². The minimum Gasteiger partial charge on any atom is -0.306 e. The van der Waals surface area contributed by atoms with Crippen LogP contribution in [-0.4, -0.2) is 30.1 Å². The van der Waals surface area contributed by atoms with Gasteiger partial charge in [-0.05, 0) is 51.4 Å². The molecule has 0 amide bonds. The molecule has 1 aliphatic heterocycles. The molecule has 1 heterocycles. The van der Waals surface area contributed by atoms with Crippen molar-refractivity contribution in [2.75, 3.05) is 13.1 Å². The Labute approximate surface area is 119 Å². The average molecular weight is 311 g/mol. The second-order valence-corrected chi connectivity index (χ2v) is 6.43. The highest BCUT2D eigenvalue weighted by molar-refractivity contribution is 9.10. The molecule has 1 aliphatic rings. The Bertz CT molecular complexity index is 375. The third-order valence-corrected chi connectivity index (χ3v) is 4.33. The third-order valence-electron chi connectivity index (χ3n) is 3.81. The van der Waals surface area contributed by atoms with Crippen molar-refractivity contribution in [2.45, 2.75) is 45.3 Å². The standard InChI is InChI=1S/C15H23BrN2/c1-11(2)18-9-8-15(10-18)17-12(3)13-4-6-14(16)7-5-13/h4-7,11-12,15,17H,8-10H2,1-3H3/t12-,15?/m0/s1. The molecule has 1 N–H and O–H groups in total. The summed E-state index contributed by atoms with van der Waals surface area (Å²) >= 11 is 3.48. The molecule has 1 unspecified atom stereocenters. The Kier molecular flexibility index (Phi) is 4.82. The number of halogens is 1. The van der Waals surface area contributed by atoms with Crippen LogP contribution >= 0.6 is 15.9 Å². The molecule has 1 fully saturated rings. The summed E-state index contributed by atoms with van der Waals surface area (Å²) < 4.78 is 1.14. The number of benzene rings is 1. The van der Waals surface area contributed by atoms with Crippen molar-refractivity contribution in [3.8, 4) is 0 Å². The van der Waals surface area contributed by atoms with Gasteiger partial charge in [0.15, 0.2) is 0 Å². The van der Waals surface area contributed by atoms with E-state index < -0.39 is 0 Å². The van der Waals surface area contributed by atoms with Crippen LogP contribution < -0.4 is 5.32 Å². The predicted octanol–water partition coefficient (Wildman–Crippen LogP) is 3.58. The fourth-order valence-corrected chi connectivity index (χ4v) is 2.86. The number of hydrogen-bond donors (Lipinski definition) is 1. The van der Waals surface area contributed by atoms with E-state index >= 15 is 0 Å². The topological polar surface area (TPSA) is 15.3 Å². The lowest BCUT2D eigenvalue weighted by atomic mass is 10.1. The van der Waals surface area contributed by atoms with E-state index in [0.29, 0.717) is 18.1 Å². The van der Waals surface area contributed by atoms with E-state index in [1.54, 1.807) is 0 Å². The Hall–Kier alpha value is -0.380. The van der Waals surface area contributed by atoms with E-state index in [1.165, 1.54) is 25.1 Å². The van der Waals surface area contributed by atoms with E-state index in [0.717, 1.165) is 4.47 Å². The summed E-state index contributed by atoms with van der Waals surface area (Å²) in [4.78, 5) is 2.55. The van der Waals surface area contributed by atoms with Crippen LogP contribution in [0.15, 0.2) is 28.7 Å². The largest absolute Gasteiger partial charge is 0.306 e. The number of likely N-dealkylation sites (tertiary alicyclic amines) is 1. The van der Waals surface area contributed by atoms with Crippen molar-refractivity contribution in [2.24, 2.45) is 0 Å². The molecule has 0 radical (unpaired) electrons. The van der Waals surface area contributed by atoms with Crippen molar-refractivity contribution >= 4 is 15.9 Å². The first kappa shape index (κ1) is 14.0. The molecule has 1 saturated heterocycles. The molecule has 0 saturated carbocycles. The third kappa shape index (κ3) is 3.56. The van der Waals surface area contributed by atoms with Crippen LogP contribution in [0.4, 0.5) is 0 Å². The molecule has 0 aromatic heterocycles. The normalized spacial score (nSPS) is 22.6. The van der Waals surface area contributed by atoms with Gasteiger partial charge in [-0.25, -0.2) is 0 Å². The number of hydrogen-bond acceptors (Lipinski definition) is 2. The Morgan fingerprint density at radius 1 is 1.22 bits per heavy atom. The molecular formula is C15H23BrN2. The zero-order valence-electron chi connectivity index (χ0n) is 11.5. The molecule has 100 valence electrons. The van der Waals surface area contributed by atoms with Crippen molar-refractivity contribution in [3.63, 3.8) is 0 Å². The van der Waals surface area contributed by atoms with Gasteiger partial charge in [-0.15, -0.1) is 0 Å². The highest BCUT2D eigenvalue weighted by Gasteiger charge is 2.25. The summed E-state index contributed by atoms with van der Waals surface area (Å²) in [6.07, 6.45) is 1.26. The molecule has 3 heteroatoms. The van der Waals surface area contributed by atoms with Gasteiger partial charge in [-0.2, -0.15) is 0 Å². The van der Waals surface area contributed by atoms with Gasteiger partial charge in [0.1, 0.15) is 0 Å². The molecule has 0 bridgehead atoms. The van der Waals surface area contributed by atoms with Gasteiger partial charge in [0.05, 0.1) is 0 Å². The maximum Gasteiger partial charge on any atom is 0.0294 e. The van der Waals surface area contributed by atoms with Gasteiger partial charge in [0, 0.05) is 29.1 Å². The Morgan fingerprint density at radius 3 is 2.44 bits per heavy atom. The SMILES string of the molecule is CC(C)N1CCC(N[C@@H](C)c2ccc(Br)cc2)C1. The smallest absolute Gasteiger partial charge is 0.0294 e. The zero-order chi connectivity index (χ0) is 13.1. The molecule has 1 aromatic carbocycles. The van der Waals surface area contributed by atoms with Crippen molar-refractivity contribution < 1.29 is 0 Å². The fourth-order valence-electron chi connectivity index (χ4n) is 2.59. The molecule has 2 nitrogen and oxygen atoms in total. The van der Waals surface area contributed by atoms with Crippen LogP contribution in [0.25, 0.3) is 0 Å². The van der Waals surface area contributed by atoms with Gasteiger partial charge in [0.2, 0.25) is 0 Å². The second-order valence-electron chi connectivity index (χ2n) is 5.51. The Balaban J connectivity index is 1.88. The van der Waals surface area contributed by atoms with E-state index in [-0.39, 0.29) is 0 Å². The first-order valence-electron chi connectivity index (χ1n) is 6.82. The molecule has 1 aromatic rings. The number of nitrogens with one attached hydrogen (secondary N) is 1. The molecule has 0 spiro atoms. The van der Waals surface area contributed by atoms with Crippen LogP contribution in [-0.2, 0) is 0 Å². The first-order chi connectivity index (χ1) is 8.56. The van der Waals surface area contributed by atoms with E-state index in [9.17, 15) is 0 Å². The first-order valence-corrected chi connectivity index (χ1v) is 7.61. The minimum atomic E-state index is 0.426. The van der Waals surface area contributed by atoms with Crippen molar-refractivity contribution in [1.82, 2.24) is 10.2 Å². The van der Waals surface area contributed by atoms with E-state index in [2.05, 4.69) is 71.2 Å². The van der Waals surface area contributed by atoms with Crippen LogP contribution in [0.2, 0.25) is 0 Å². The summed E-state index contributed by atoms with van der Waals surface area (Å²) in [6.45, 7) is 9.21. The highest BCUT2D eigenvalue weighted by atomic mass is 79.9. The van der Waals surface area contributed by atoms with Crippen LogP contribution in [0, 0.1) is 0 Å². The molecule has 2 atom stereocenters. The molecule has 18 heavy (non-hydrogen) atoms. The van der Waals surface area contributed by atoms with E-state index in [4.69, 9.17) is 0 Å². The van der Waals surface area contributed by atoms with Gasteiger partial charge < -0.3 is 5.32 Å². The fraction of sp³-hybridized carbons (Fsp3) is 0.600. The minimum absolute atomic E-state index is 0.426. The summed E-state index contributed by atoms with van der Waals surface area (Å²) in [5.41, 5.74) is 1.36. The number of nitrogens with zero attached hydrogens (tertiary/aromatic N) is 1. The summed E-state index contributed by atoms with van der Waals surface area (Å²) in [5.74, 6) is 0. The second kappa shape index (κ2) is 6.18. The summed E-state index contributed by atoms with van der Waals surface area (Å²) in [6, 6.07) is 10.3. The van der Waals surface area contributed by atoms with Crippen LogP contribution in [0.5, 0.6) is 0 Å². The quantitative estimate of drug-likeness (QED) is 0.914. The lowest BCUT2D eigenvalue weighted by molar-refractivity contribution is 0.266. The Morgan fingerprint density at radius 2 is 1.89 bits per heavy atom. The molecule has 2 rings (SSSR count). The van der Waals surface area contributed by atoms with Crippen molar-refractivity contribution in [3.05, 3.63) is 34.3 Å². The molecule has 0 aliphatic carbocycles. The lowest BCUT2D eigenvalue weighted by Crippen LogP contribution is -2.36. The van der Waals surface area contributed by atoms with Crippen LogP contribution in [0.3, 0.4) is 0 Å². The predicted molar refractivity (Wildman–Crippen MR) is 80.8 cm³/mol. The van der Waals surface area contributed by atoms with Gasteiger partial charge >= 0.3 is 0 Å². The van der Waals surface area contributed by atoms with Gasteiger partial charge in [-0.1, -0.05) is 28.1 Å². The average Bonchev–Trinajstić information content (AvgIpc) is 2.78. The maximum atomic E-state index is 3.74. The number of rotatable bonds is 4. The van der Waals surface area contributed by atoms with E-state index in [1.807, 2.05) is 0 Å². The molecular weight excluding hydrogens is 288 g/mol. The van der Waals surface area contributed by atoms with Crippen LogP contribution in [0.1, 0.15) is 38.8 Å². The summed E-state index contributed by atoms with van der Waals surface area (Å²) in [5, 5.41) is 3.74. The maximum absolute atomic E-state index is 3.74. The summed E-state index contributed by atoms with van der Waals surface area (Å²) in [7, 11) is 0. The highest BCUT2D eigenvalue weighted by Crippen LogP contribution is 2.20. The van der Waals surface area contributed by atoms with Gasteiger partial charge in [-0.3, -0.25) is 4.90 Å². The van der Waals surface area contributed by atoms with Gasteiger partial charge in [0.25, 0.3) is 0 Å². The zero-order valence-corrected chi connectivity index (χ0v) is 13.1.